The number of nitrogens with two attached hydrogens (primary N) is 1. The first-order valence-electron chi connectivity index (χ1n) is 6.11. The van der Waals surface area contributed by atoms with E-state index >= 15 is 0 Å². The number of hydrogen-bond donors (Lipinski definition) is 1. The molecule has 96 valence electrons. The van der Waals surface area contributed by atoms with Gasteiger partial charge < -0.3 is 10.6 Å². The highest BCUT2D eigenvalue weighted by Gasteiger charge is 2.22. The monoisotopic (exact) mass is 332 g/mol. The lowest BCUT2D eigenvalue weighted by Crippen LogP contribution is -2.19. The van der Waals surface area contributed by atoms with E-state index in [9.17, 15) is 0 Å². The molecule has 19 heavy (non-hydrogen) atoms. The maximum Gasteiger partial charge on any atom is 0.106 e. The molecule has 2 aromatic rings. The predicted molar refractivity (Wildman–Crippen MR) is 87.2 cm³/mol. The van der Waals surface area contributed by atoms with Gasteiger partial charge >= 0.3 is 0 Å². The van der Waals surface area contributed by atoms with E-state index < -0.39 is 0 Å². The number of anilines is 2. The highest BCUT2D eigenvalue weighted by Crippen LogP contribution is 2.36. The van der Waals surface area contributed by atoms with Gasteiger partial charge in [-0.2, -0.15) is 0 Å². The van der Waals surface area contributed by atoms with E-state index in [0.29, 0.717) is 4.99 Å². The van der Waals surface area contributed by atoms with Crippen LogP contribution in [-0.2, 0) is 6.42 Å². The summed E-state index contributed by atoms with van der Waals surface area (Å²) in [4.78, 5) is 2.72. The molecule has 0 spiro atoms. The van der Waals surface area contributed by atoms with Crippen LogP contribution in [0.25, 0.3) is 0 Å². The van der Waals surface area contributed by atoms with Gasteiger partial charge in [-0.15, -0.1) is 0 Å². The van der Waals surface area contributed by atoms with Crippen LogP contribution in [0.4, 0.5) is 11.4 Å². The molecule has 1 aliphatic heterocycles. The maximum atomic E-state index is 5.85. The topological polar surface area (TPSA) is 29.3 Å². The van der Waals surface area contributed by atoms with Crippen molar-refractivity contribution in [3.63, 3.8) is 0 Å². The second-order valence-electron chi connectivity index (χ2n) is 4.56. The molecular formula is C15H13BrN2S. The summed E-state index contributed by atoms with van der Waals surface area (Å²) in [6, 6.07) is 14.6. The Morgan fingerprint density at radius 3 is 2.74 bits per heavy atom. The van der Waals surface area contributed by atoms with Crippen molar-refractivity contribution in [1.29, 1.82) is 0 Å². The number of nitrogens with zero attached hydrogens (tertiary/aromatic N) is 1. The summed E-state index contributed by atoms with van der Waals surface area (Å²) in [5.41, 5.74) is 10.5. The second-order valence-corrected chi connectivity index (χ2v) is 5.91. The number of hydrogen-bond acceptors (Lipinski definition) is 2. The number of para-hydroxylation sites is 1. The average molecular weight is 333 g/mol. The highest BCUT2D eigenvalue weighted by atomic mass is 79.9. The molecular weight excluding hydrogens is 320 g/mol. The third kappa shape index (κ3) is 2.26. The predicted octanol–water partition coefficient (Wildman–Crippen LogP) is 3.78. The third-order valence-electron chi connectivity index (χ3n) is 3.40. The SMILES string of the molecule is NC(=S)c1cc(Br)ccc1N1CCc2ccccc21. The molecule has 0 atom stereocenters. The van der Waals surface area contributed by atoms with Crippen LogP contribution in [-0.4, -0.2) is 11.5 Å². The smallest absolute Gasteiger partial charge is 0.106 e. The van der Waals surface area contributed by atoms with Crippen LogP contribution in [0.2, 0.25) is 0 Å². The van der Waals surface area contributed by atoms with E-state index in [-0.39, 0.29) is 0 Å². The van der Waals surface area contributed by atoms with Crippen LogP contribution in [0.15, 0.2) is 46.9 Å². The Morgan fingerprint density at radius 1 is 1.16 bits per heavy atom. The van der Waals surface area contributed by atoms with Crippen molar-refractivity contribution in [1.82, 2.24) is 0 Å². The fraction of sp³-hybridized carbons (Fsp3) is 0.133. The van der Waals surface area contributed by atoms with E-state index in [1.54, 1.807) is 0 Å². The lowest BCUT2D eigenvalue weighted by atomic mass is 10.1. The molecule has 2 N–H and O–H groups in total. The fourth-order valence-corrected chi connectivity index (χ4v) is 3.05. The first-order chi connectivity index (χ1) is 9.16. The zero-order chi connectivity index (χ0) is 13.4. The Morgan fingerprint density at radius 2 is 1.95 bits per heavy atom. The lowest BCUT2D eigenvalue weighted by molar-refractivity contribution is 0.997. The van der Waals surface area contributed by atoms with Crippen molar-refractivity contribution in [2.75, 3.05) is 11.4 Å². The van der Waals surface area contributed by atoms with Gasteiger partial charge in [-0.3, -0.25) is 0 Å². The molecule has 0 bridgehead atoms. The number of benzene rings is 2. The highest BCUT2D eigenvalue weighted by molar-refractivity contribution is 9.10. The number of halogens is 1. The lowest BCUT2D eigenvalue weighted by Gasteiger charge is -2.22. The van der Waals surface area contributed by atoms with Crippen LogP contribution in [0.3, 0.4) is 0 Å². The molecule has 0 aromatic heterocycles. The Hall–Kier alpha value is -1.39. The van der Waals surface area contributed by atoms with Gasteiger partial charge in [-0.05, 0) is 36.2 Å². The van der Waals surface area contributed by atoms with Gasteiger partial charge in [-0.1, -0.05) is 46.3 Å². The van der Waals surface area contributed by atoms with E-state index in [4.69, 9.17) is 18.0 Å². The van der Waals surface area contributed by atoms with Gasteiger partial charge in [0.25, 0.3) is 0 Å². The second kappa shape index (κ2) is 4.94. The first kappa shape index (κ1) is 12.6. The largest absolute Gasteiger partial charge is 0.389 e. The van der Waals surface area contributed by atoms with Crippen molar-refractivity contribution in [2.45, 2.75) is 6.42 Å². The minimum absolute atomic E-state index is 0.431. The summed E-state index contributed by atoms with van der Waals surface area (Å²) in [7, 11) is 0. The zero-order valence-corrected chi connectivity index (χ0v) is 12.7. The molecule has 2 aromatic carbocycles. The zero-order valence-electron chi connectivity index (χ0n) is 10.3. The Labute approximate surface area is 126 Å². The van der Waals surface area contributed by atoms with Crippen LogP contribution in [0, 0.1) is 0 Å². The molecule has 3 rings (SSSR count). The van der Waals surface area contributed by atoms with Gasteiger partial charge in [0.2, 0.25) is 0 Å². The standard InChI is InChI=1S/C15H13BrN2S/c16-11-5-6-14(12(9-11)15(17)19)18-8-7-10-3-1-2-4-13(10)18/h1-6,9H,7-8H2,(H2,17,19). The minimum Gasteiger partial charge on any atom is -0.389 e. The van der Waals surface area contributed by atoms with E-state index in [2.05, 4.69) is 51.2 Å². The van der Waals surface area contributed by atoms with E-state index in [0.717, 1.165) is 28.7 Å². The molecule has 0 radical (unpaired) electrons. The summed E-state index contributed by atoms with van der Waals surface area (Å²) in [5, 5.41) is 0. The van der Waals surface area contributed by atoms with E-state index in [1.165, 1.54) is 11.3 Å². The molecule has 0 saturated carbocycles. The molecule has 1 aliphatic rings. The Balaban J connectivity index is 2.12. The number of fused-ring (bicyclic) bond motifs is 1. The van der Waals surface area contributed by atoms with Gasteiger partial charge in [0.05, 0.1) is 5.69 Å². The van der Waals surface area contributed by atoms with Crippen LogP contribution in [0.5, 0.6) is 0 Å². The molecule has 0 saturated heterocycles. The van der Waals surface area contributed by atoms with Crippen molar-refractivity contribution >= 4 is 44.5 Å². The first-order valence-corrected chi connectivity index (χ1v) is 7.32. The summed E-state index contributed by atoms with van der Waals surface area (Å²) < 4.78 is 0.992. The minimum atomic E-state index is 0.431. The Kier molecular flexibility index (Phi) is 3.29. The Bertz CT molecular complexity index is 654. The van der Waals surface area contributed by atoms with Crippen LogP contribution in [0.1, 0.15) is 11.1 Å². The van der Waals surface area contributed by atoms with Gasteiger partial charge in [-0.25, -0.2) is 0 Å². The van der Waals surface area contributed by atoms with Gasteiger partial charge in [0, 0.05) is 22.3 Å². The molecule has 0 aliphatic carbocycles. The summed E-state index contributed by atoms with van der Waals surface area (Å²) >= 11 is 8.64. The van der Waals surface area contributed by atoms with E-state index in [1.807, 2.05) is 12.1 Å². The van der Waals surface area contributed by atoms with Crippen LogP contribution < -0.4 is 10.6 Å². The summed E-state index contributed by atoms with van der Waals surface area (Å²) in [6.45, 7) is 0.969. The van der Waals surface area contributed by atoms with Crippen molar-refractivity contribution < 1.29 is 0 Å². The molecule has 2 nitrogen and oxygen atoms in total. The molecule has 4 heteroatoms. The average Bonchev–Trinajstić information content (AvgIpc) is 2.82. The van der Waals surface area contributed by atoms with Gasteiger partial charge in [0.1, 0.15) is 4.99 Å². The van der Waals surface area contributed by atoms with Gasteiger partial charge in [0.15, 0.2) is 0 Å². The van der Waals surface area contributed by atoms with Crippen molar-refractivity contribution in [3.8, 4) is 0 Å². The van der Waals surface area contributed by atoms with Crippen molar-refractivity contribution in [3.05, 3.63) is 58.1 Å². The third-order valence-corrected chi connectivity index (χ3v) is 4.12. The maximum absolute atomic E-state index is 5.85. The molecule has 0 fully saturated rings. The fourth-order valence-electron chi connectivity index (χ4n) is 2.53. The van der Waals surface area contributed by atoms with Crippen LogP contribution >= 0.6 is 28.1 Å². The quantitative estimate of drug-likeness (QED) is 0.848. The molecule has 1 heterocycles. The summed E-state index contributed by atoms with van der Waals surface area (Å²) in [5.74, 6) is 0. The normalized spacial score (nSPS) is 13.4. The number of rotatable bonds is 2. The molecule has 0 unspecified atom stereocenters. The number of thiocarbonyl (C=S) groups is 1. The molecule has 0 amide bonds. The summed E-state index contributed by atoms with van der Waals surface area (Å²) in [6.07, 6.45) is 1.06. The van der Waals surface area contributed by atoms with Crippen molar-refractivity contribution in [2.24, 2.45) is 5.73 Å².